The van der Waals surface area contributed by atoms with Crippen LogP contribution < -0.4 is 11.5 Å². The summed E-state index contributed by atoms with van der Waals surface area (Å²) in [7, 11) is 0. The van der Waals surface area contributed by atoms with Gasteiger partial charge < -0.3 is 11.5 Å². The molecule has 1 amide bonds. The van der Waals surface area contributed by atoms with Crippen LogP contribution in [0.2, 0.25) is 0 Å². The molecule has 0 saturated carbocycles. The van der Waals surface area contributed by atoms with Crippen molar-refractivity contribution in [3.63, 3.8) is 0 Å². The summed E-state index contributed by atoms with van der Waals surface area (Å²) in [6.07, 6.45) is 1.92. The van der Waals surface area contributed by atoms with Gasteiger partial charge in [-0.15, -0.1) is 0 Å². The highest BCUT2D eigenvalue weighted by molar-refractivity contribution is 5.76. The average Bonchev–Trinajstić information content (AvgIpc) is 2.38. The van der Waals surface area contributed by atoms with Crippen molar-refractivity contribution >= 4 is 11.6 Å². The summed E-state index contributed by atoms with van der Waals surface area (Å²) in [5, 5.41) is 0. The third kappa shape index (κ3) is 4.10. The maximum absolute atomic E-state index is 10.9. The van der Waals surface area contributed by atoms with E-state index in [9.17, 15) is 4.79 Å². The van der Waals surface area contributed by atoms with Gasteiger partial charge >= 0.3 is 0 Å². The molecule has 4 heteroatoms. The fourth-order valence-corrected chi connectivity index (χ4v) is 1.90. The van der Waals surface area contributed by atoms with Gasteiger partial charge in [0.2, 0.25) is 5.91 Å². The van der Waals surface area contributed by atoms with Gasteiger partial charge in [-0.05, 0) is 42.7 Å². The summed E-state index contributed by atoms with van der Waals surface area (Å²) in [5.74, 6) is -0.358. The second-order valence-electron chi connectivity index (χ2n) is 4.50. The van der Waals surface area contributed by atoms with Crippen molar-refractivity contribution in [2.45, 2.75) is 19.3 Å². The van der Waals surface area contributed by atoms with Crippen LogP contribution in [-0.4, -0.2) is 10.9 Å². The molecule has 2 rings (SSSR count). The van der Waals surface area contributed by atoms with E-state index in [4.69, 9.17) is 11.5 Å². The molecule has 0 fully saturated rings. The van der Waals surface area contributed by atoms with Gasteiger partial charge in [0.15, 0.2) is 0 Å². The highest BCUT2D eigenvalue weighted by atomic mass is 16.1. The van der Waals surface area contributed by atoms with E-state index in [-0.39, 0.29) is 12.3 Å². The Balaban J connectivity index is 1.99. The van der Waals surface area contributed by atoms with E-state index in [0.29, 0.717) is 0 Å². The summed E-state index contributed by atoms with van der Waals surface area (Å²) >= 11 is 0. The van der Waals surface area contributed by atoms with Crippen molar-refractivity contribution in [2.24, 2.45) is 5.73 Å². The van der Waals surface area contributed by atoms with Crippen LogP contribution in [0.5, 0.6) is 0 Å². The molecule has 1 heterocycles. The van der Waals surface area contributed by atoms with Crippen LogP contribution in [0.1, 0.15) is 17.0 Å². The van der Waals surface area contributed by atoms with Crippen molar-refractivity contribution < 1.29 is 4.79 Å². The minimum Gasteiger partial charge on any atom is -0.399 e. The van der Waals surface area contributed by atoms with E-state index in [0.717, 1.165) is 29.9 Å². The Labute approximate surface area is 112 Å². The van der Waals surface area contributed by atoms with Crippen molar-refractivity contribution in [1.29, 1.82) is 0 Å². The predicted octanol–water partition coefficient (Wildman–Crippen LogP) is 1.48. The Morgan fingerprint density at radius 2 is 1.68 bits per heavy atom. The van der Waals surface area contributed by atoms with E-state index in [1.54, 1.807) is 0 Å². The molecule has 2 aromatic rings. The number of carbonyl (C=O) groups excluding carboxylic acids is 1. The minimum atomic E-state index is -0.358. The standard InChI is InChI=1S/C15H17N3O/c16-12-7-4-11(5-8-12)6-9-13-2-1-3-14(18-13)10-15(17)19/h1-5,7-8H,6,9-10,16H2,(H2,17,19). The number of nitrogens with zero attached hydrogens (tertiary/aromatic N) is 1. The van der Waals surface area contributed by atoms with Gasteiger partial charge in [-0.25, -0.2) is 0 Å². The molecule has 1 aromatic heterocycles. The van der Waals surface area contributed by atoms with Crippen LogP contribution in [0.4, 0.5) is 5.69 Å². The normalized spacial score (nSPS) is 10.3. The third-order valence-corrected chi connectivity index (χ3v) is 2.87. The Bertz CT molecular complexity index is 564. The number of pyridine rings is 1. The Hall–Kier alpha value is -2.36. The fourth-order valence-electron chi connectivity index (χ4n) is 1.90. The second kappa shape index (κ2) is 6.00. The zero-order chi connectivity index (χ0) is 13.7. The molecule has 1 aromatic carbocycles. The molecule has 0 bridgehead atoms. The number of rotatable bonds is 5. The number of amides is 1. The van der Waals surface area contributed by atoms with E-state index in [2.05, 4.69) is 4.98 Å². The van der Waals surface area contributed by atoms with Crippen LogP contribution >= 0.6 is 0 Å². The number of carbonyl (C=O) groups is 1. The third-order valence-electron chi connectivity index (χ3n) is 2.87. The summed E-state index contributed by atoms with van der Waals surface area (Å²) in [6.45, 7) is 0. The number of aryl methyl sites for hydroxylation is 2. The summed E-state index contributed by atoms with van der Waals surface area (Å²) in [6, 6.07) is 13.5. The molecule has 0 radical (unpaired) electrons. The van der Waals surface area contributed by atoms with Gasteiger partial charge in [0.1, 0.15) is 0 Å². The topological polar surface area (TPSA) is 82.0 Å². The SMILES string of the molecule is NC(=O)Cc1cccc(CCc2ccc(N)cc2)n1. The maximum atomic E-state index is 10.9. The van der Waals surface area contributed by atoms with Crippen molar-refractivity contribution in [1.82, 2.24) is 4.98 Å². The maximum Gasteiger partial charge on any atom is 0.223 e. The first kappa shape index (κ1) is 13.1. The molecule has 4 nitrogen and oxygen atoms in total. The molecule has 0 aliphatic heterocycles. The lowest BCUT2D eigenvalue weighted by molar-refractivity contribution is -0.117. The number of nitrogens with two attached hydrogens (primary N) is 2. The molecule has 0 spiro atoms. The molecule has 0 saturated heterocycles. The molecule has 0 aliphatic carbocycles. The lowest BCUT2D eigenvalue weighted by Crippen LogP contribution is -2.14. The van der Waals surface area contributed by atoms with E-state index < -0.39 is 0 Å². The number of hydrogen-bond acceptors (Lipinski definition) is 3. The number of aromatic nitrogens is 1. The summed E-state index contributed by atoms with van der Waals surface area (Å²) in [5.41, 5.74) is 14.5. The monoisotopic (exact) mass is 255 g/mol. The average molecular weight is 255 g/mol. The molecule has 98 valence electrons. The first-order valence-corrected chi connectivity index (χ1v) is 6.21. The minimum absolute atomic E-state index is 0.190. The van der Waals surface area contributed by atoms with Crippen molar-refractivity contribution in [3.05, 3.63) is 59.4 Å². The number of benzene rings is 1. The van der Waals surface area contributed by atoms with E-state index in [1.165, 1.54) is 5.56 Å². The van der Waals surface area contributed by atoms with Crippen molar-refractivity contribution in [3.8, 4) is 0 Å². The lowest BCUT2D eigenvalue weighted by Gasteiger charge is -2.04. The van der Waals surface area contributed by atoms with Gasteiger partial charge in [-0.1, -0.05) is 18.2 Å². The quantitative estimate of drug-likeness (QED) is 0.794. The molecule has 19 heavy (non-hydrogen) atoms. The van der Waals surface area contributed by atoms with E-state index >= 15 is 0 Å². The predicted molar refractivity (Wildman–Crippen MR) is 75.4 cm³/mol. The largest absolute Gasteiger partial charge is 0.399 e. The number of primary amides is 1. The highest BCUT2D eigenvalue weighted by Gasteiger charge is 2.02. The van der Waals surface area contributed by atoms with Gasteiger partial charge in [0.05, 0.1) is 6.42 Å². The Kier molecular flexibility index (Phi) is 4.13. The zero-order valence-corrected chi connectivity index (χ0v) is 10.7. The highest BCUT2D eigenvalue weighted by Crippen LogP contribution is 2.09. The van der Waals surface area contributed by atoms with E-state index in [1.807, 2.05) is 42.5 Å². The van der Waals surface area contributed by atoms with Crippen LogP contribution in [-0.2, 0) is 24.1 Å². The number of hydrogen-bond donors (Lipinski definition) is 2. The summed E-state index contributed by atoms with van der Waals surface area (Å²) in [4.78, 5) is 15.3. The van der Waals surface area contributed by atoms with Gasteiger partial charge in [0.25, 0.3) is 0 Å². The van der Waals surface area contributed by atoms with Crippen LogP contribution in [0.3, 0.4) is 0 Å². The Morgan fingerprint density at radius 1 is 1.00 bits per heavy atom. The molecule has 0 atom stereocenters. The molecular formula is C15H17N3O. The first-order valence-electron chi connectivity index (χ1n) is 6.21. The van der Waals surface area contributed by atoms with Crippen molar-refractivity contribution in [2.75, 3.05) is 5.73 Å². The molecule has 0 aliphatic rings. The van der Waals surface area contributed by atoms with Crippen LogP contribution in [0.15, 0.2) is 42.5 Å². The Morgan fingerprint density at radius 3 is 2.37 bits per heavy atom. The van der Waals surface area contributed by atoms with Crippen LogP contribution in [0.25, 0.3) is 0 Å². The van der Waals surface area contributed by atoms with Gasteiger partial charge in [0, 0.05) is 17.1 Å². The first-order chi connectivity index (χ1) is 9.13. The fraction of sp³-hybridized carbons (Fsp3) is 0.200. The van der Waals surface area contributed by atoms with Gasteiger partial charge in [-0.2, -0.15) is 0 Å². The summed E-state index contributed by atoms with van der Waals surface area (Å²) < 4.78 is 0. The number of nitrogen functional groups attached to an aromatic ring is 1. The van der Waals surface area contributed by atoms with Gasteiger partial charge in [-0.3, -0.25) is 9.78 Å². The number of anilines is 1. The lowest BCUT2D eigenvalue weighted by atomic mass is 10.1. The molecule has 0 unspecified atom stereocenters. The smallest absolute Gasteiger partial charge is 0.223 e. The molecular weight excluding hydrogens is 238 g/mol. The van der Waals surface area contributed by atoms with Crippen LogP contribution in [0, 0.1) is 0 Å². The molecule has 4 N–H and O–H groups in total. The second-order valence-corrected chi connectivity index (χ2v) is 4.50. The zero-order valence-electron chi connectivity index (χ0n) is 10.7.